The number of aliphatic hydroxyl groups is 1. The van der Waals surface area contributed by atoms with Crippen LogP contribution in [-0.2, 0) is 19.1 Å². The van der Waals surface area contributed by atoms with Crippen LogP contribution in [0.25, 0.3) is 5.76 Å². The number of benzene rings is 2. The van der Waals surface area contributed by atoms with Crippen molar-refractivity contribution in [3.63, 3.8) is 0 Å². The second-order valence-corrected chi connectivity index (χ2v) is 7.80. The second-order valence-electron chi connectivity index (χ2n) is 7.80. The van der Waals surface area contributed by atoms with Crippen LogP contribution < -0.4 is 28.4 Å². The van der Waals surface area contributed by atoms with Gasteiger partial charge < -0.3 is 43.0 Å². The Hall–Kier alpha value is -4.28. The Labute approximate surface area is 214 Å². The van der Waals surface area contributed by atoms with Crippen LogP contribution in [0.5, 0.6) is 34.5 Å². The molecule has 0 fully saturated rings. The fourth-order valence-corrected chi connectivity index (χ4v) is 4.66. The first-order valence-electron chi connectivity index (χ1n) is 11.0. The van der Waals surface area contributed by atoms with Crippen LogP contribution in [0, 0.1) is 5.92 Å². The Bertz CT molecular complexity index is 1210. The molecule has 0 amide bonds. The van der Waals surface area contributed by atoms with Gasteiger partial charge in [0.05, 0.1) is 62.5 Å². The second kappa shape index (κ2) is 11.2. The summed E-state index contributed by atoms with van der Waals surface area (Å²) >= 11 is 0. The van der Waals surface area contributed by atoms with Gasteiger partial charge in [0, 0.05) is 17.0 Å². The number of methoxy groups -OCH3 is 8. The Morgan fingerprint density at radius 1 is 0.676 bits per heavy atom. The van der Waals surface area contributed by atoms with Crippen molar-refractivity contribution in [3.8, 4) is 34.5 Å². The average Bonchev–Trinajstić information content (AvgIpc) is 2.93. The topological polar surface area (TPSA) is 128 Å². The van der Waals surface area contributed by atoms with Gasteiger partial charge in [-0.3, -0.25) is 4.79 Å². The molecule has 37 heavy (non-hydrogen) atoms. The molecule has 3 rings (SSSR count). The van der Waals surface area contributed by atoms with Gasteiger partial charge in [-0.1, -0.05) is 0 Å². The van der Waals surface area contributed by atoms with E-state index < -0.39 is 29.5 Å². The molecule has 0 saturated carbocycles. The molecule has 0 saturated heterocycles. The van der Waals surface area contributed by atoms with Crippen molar-refractivity contribution in [2.75, 3.05) is 56.9 Å². The number of carbonyl (C=O) groups excluding carboxylic acids is 2. The van der Waals surface area contributed by atoms with E-state index >= 15 is 0 Å². The van der Waals surface area contributed by atoms with Gasteiger partial charge in [-0.05, 0) is 23.8 Å². The van der Waals surface area contributed by atoms with E-state index in [4.69, 9.17) is 37.9 Å². The van der Waals surface area contributed by atoms with Crippen molar-refractivity contribution >= 4 is 17.7 Å². The quantitative estimate of drug-likeness (QED) is 0.492. The number of hydrogen-bond donors (Lipinski definition) is 1. The van der Waals surface area contributed by atoms with Gasteiger partial charge in [0.25, 0.3) is 0 Å². The van der Waals surface area contributed by atoms with E-state index in [9.17, 15) is 14.7 Å². The number of rotatable bonds is 9. The maximum Gasteiger partial charge on any atom is 0.338 e. The molecular weight excluding hydrogens is 488 g/mol. The van der Waals surface area contributed by atoms with Crippen molar-refractivity contribution in [1.29, 1.82) is 0 Å². The van der Waals surface area contributed by atoms with Gasteiger partial charge in [0.1, 0.15) is 11.7 Å². The minimum atomic E-state index is -1.35. The monoisotopic (exact) mass is 518 g/mol. The number of ether oxygens (including phenoxy) is 8. The number of hydrogen-bond acceptors (Lipinski definition) is 11. The van der Waals surface area contributed by atoms with Gasteiger partial charge in [-0.25, -0.2) is 4.79 Å². The van der Waals surface area contributed by atoms with Gasteiger partial charge >= 0.3 is 11.9 Å². The molecular formula is C26H30O11. The molecule has 2 unspecified atom stereocenters. The third-order valence-corrected chi connectivity index (χ3v) is 6.24. The standard InChI is InChI=1S/C26H30O11/c1-30-14-9-12(10-15(31-2)22(14)33-4)17-18-13(11-16(32-3)23(34-5)24(18)35-6)21(27)20(26(29)37-8)19(17)25(28)36-7/h9-11,17,19,27H,1-8H3. The largest absolute Gasteiger partial charge is 0.507 e. The molecule has 2 aromatic carbocycles. The van der Waals surface area contributed by atoms with E-state index in [0.29, 0.717) is 28.4 Å². The lowest BCUT2D eigenvalue weighted by Crippen LogP contribution is -2.34. The highest BCUT2D eigenvalue weighted by Gasteiger charge is 2.48. The van der Waals surface area contributed by atoms with Crippen molar-refractivity contribution in [2.45, 2.75) is 5.92 Å². The Kier molecular flexibility index (Phi) is 8.26. The van der Waals surface area contributed by atoms with Gasteiger partial charge in [-0.15, -0.1) is 0 Å². The van der Waals surface area contributed by atoms with Crippen LogP contribution in [0.15, 0.2) is 23.8 Å². The molecule has 1 aliphatic rings. The van der Waals surface area contributed by atoms with Gasteiger partial charge in [0.15, 0.2) is 23.0 Å². The van der Waals surface area contributed by atoms with Crippen molar-refractivity contribution in [2.24, 2.45) is 5.92 Å². The van der Waals surface area contributed by atoms with Crippen LogP contribution in [0.4, 0.5) is 0 Å². The summed E-state index contributed by atoms with van der Waals surface area (Å²) in [6.07, 6.45) is 0. The summed E-state index contributed by atoms with van der Waals surface area (Å²) in [5.74, 6) is -2.94. The molecule has 0 aliphatic heterocycles. The zero-order valence-electron chi connectivity index (χ0n) is 21.9. The van der Waals surface area contributed by atoms with Gasteiger partial charge in [-0.2, -0.15) is 0 Å². The lowest BCUT2D eigenvalue weighted by atomic mass is 9.70. The predicted molar refractivity (Wildman–Crippen MR) is 131 cm³/mol. The Balaban J connectivity index is 2.57. The number of aliphatic hydroxyl groups excluding tert-OH is 1. The molecule has 11 heteroatoms. The maximum atomic E-state index is 13.3. The molecule has 0 heterocycles. The van der Waals surface area contributed by atoms with Crippen molar-refractivity contribution in [1.82, 2.24) is 0 Å². The summed E-state index contributed by atoms with van der Waals surface area (Å²) in [5.41, 5.74) is 0.684. The van der Waals surface area contributed by atoms with Crippen LogP contribution in [0.2, 0.25) is 0 Å². The normalized spacial score (nSPS) is 16.3. The lowest BCUT2D eigenvalue weighted by molar-refractivity contribution is -0.148. The molecule has 200 valence electrons. The summed E-state index contributed by atoms with van der Waals surface area (Å²) in [6.45, 7) is 0. The summed E-state index contributed by atoms with van der Waals surface area (Å²) in [7, 11) is 11.0. The zero-order valence-corrected chi connectivity index (χ0v) is 21.9. The zero-order chi connectivity index (χ0) is 27.4. The van der Waals surface area contributed by atoms with Crippen LogP contribution in [-0.4, -0.2) is 73.9 Å². The summed E-state index contributed by atoms with van der Waals surface area (Å²) < 4.78 is 43.3. The third-order valence-electron chi connectivity index (χ3n) is 6.24. The van der Waals surface area contributed by atoms with Gasteiger partial charge in [0.2, 0.25) is 11.5 Å². The first kappa shape index (κ1) is 27.3. The highest BCUT2D eigenvalue weighted by atomic mass is 16.5. The fourth-order valence-electron chi connectivity index (χ4n) is 4.66. The highest BCUT2D eigenvalue weighted by Crippen LogP contribution is 2.56. The summed E-state index contributed by atoms with van der Waals surface area (Å²) in [4.78, 5) is 26.3. The molecule has 2 atom stereocenters. The smallest absolute Gasteiger partial charge is 0.338 e. The molecule has 1 N–H and O–H groups in total. The van der Waals surface area contributed by atoms with E-state index in [1.807, 2.05) is 0 Å². The Morgan fingerprint density at radius 2 is 1.19 bits per heavy atom. The fraction of sp³-hybridized carbons (Fsp3) is 0.385. The summed E-state index contributed by atoms with van der Waals surface area (Å²) in [6, 6.07) is 4.77. The van der Waals surface area contributed by atoms with Crippen molar-refractivity contribution in [3.05, 3.63) is 40.5 Å². The number of esters is 2. The lowest BCUT2D eigenvalue weighted by Gasteiger charge is -2.35. The van der Waals surface area contributed by atoms with E-state index in [2.05, 4.69) is 0 Å². The van der Waals surface area contributed by atoms with Crippen LogP contribution in [0.1, 0.15) is 22.6 Å². The van der Waals surface area contributed by atoms with E-state index in [1.54, 1.807) is 12.1 Å². The molecule has 11 nitrogen and oxygen atoms in total. The first-order valence-corrected chi connectivity index (χ1v) is 11.0. The number of fused-ring (bicyclic) bond motifs is 1. The van der Waals surface area contributed by atoms with Crippen LogP contribution >= 0.6 is 0 Å². The van der Waals surface area contributed by atoms with Crippen molar-refractivity contribution < 1.29 is 52.6 Å². The number of carbonyl (C=O) groups is 2. The SMILES string of the molecule is COC(=O)C1=C(O)c2cc(OC)c(OC)c(OC)c2C(c2cc(OC)c(OC)c(OC)c2)C1C(=O)OC. The molecule has 0 spiro atoms. The molecule has 0 aromatic heterocycles. The highest BCUT2D eigenvalue weighted by molar-refractivity contribution is 6.04. The van der Waals surface area contributed by atoms with E-state index in [0.717, 1.165) is 7.11 Å². The van der Waals surface area contributed by atoms with E-state index in [-0.39, 0.29) is 28.4 Å². The summed E-state index contributed by atoms with van der Waals surface area (Å²) in [5, 5.41) is 11.3. The van der Waals surface area contributed by atoms with Crippen LogP contribution in [0.3, 0.4) is 0 Å². The third kappa shape index (κ3) is 4.41. The molecule has 0 radical (unpaired) electrons. The molecule has 0 bridgehead atoms. The predicted octanol–water partition coefficient (Wildman–Crippen LogP) is 3.12. The minimum absolute atomic E-state index is 0.175. The average molecular weight is 519 g/mol. The molecule has 2 aromatic rings. The maximum absolute atomic E-state index is 13.3. The Morgan fingerprint density at radius 3 is 1.62 bits per heavy atom. The minimum Gasteiger partial charge on any atom is -0.507 e. The first-order chi connectivity index (χ1) is 17.8. The molecule has 1 aliphatic carbocycles. The van der Waals surface area contributed by atoms with E-state index in [1.165, 1.54) is 55.8 Å².